The minimum absolute atomic E-state index is 0.0963. The number of fused-ring (bicyclic) bond motifs is 2. The molecule has 2 aromatic carbocycles. The molecule has 10 heteroatoms. The predicted octanol–water partition coefficient (Wildman–Crippen LogP) is 6.81. The molecule has 30 heavy (non-hydrogen) atoms. The van der Waals surface area contributed by atoms with E-state index in [1.165, 1.54) is 12.1 Å². The van der Waals surface area contributed by atoms with Crippen molar-refractivity contribution in [1.29, 1.82) is 0 Å². The number of nitrogens with zero attached hydrogens (tertiary/aromatic N) is 3. The first-order chi connectivity index (χ1) is 14.2. The van der Waals surface area contributed by atoms with Gasteiger partial charge in [-0.3, -0.25) is 20.2 Å². The summed E-state index contributed by atoms with van der Waals surface area (Å²) in [5.74, 6) is 0.535. The first kappa shape index (κ1) is 22.0. The third-order valence-electron chi connectivity index (χ3n) is 4.38. The molecule has 4 aromatic rings. The molecule has 0 radical (unpaired) electrons. The van der Waals surface area contributed by atoms with Gasteiger partial charge in [-0.05, 0) is 49.9 Å². The highest BCUT2D eigenvalue weighted by molar-refractivity contribution is 9.11. The lowest BCUT2D eigenvalue weighted by atomic mass is 10.2. The average Bonchev–Trinajstić information content (AvgIpc) is 3.29. The molecule has 0 bridgehead atoms. The topological polar surface area (TPSA) is 107 Å². The molecule has 0 spiro atoms. The van der Waals surface area contributed by atoms with Crippen LogP contribution in [0.2, 0.25) is 0 Å². The van der Waals surface area contributed by atoms with Gasteiger partial charge in [0.2, 0.25) is 0 Å². The fourth-order valence-electron chi connectivity index (χ4n) is 3.15. The number of hydrogen-bond acceptors (Lipinski definition) is 4. The highest BCUT2D eigenvalue weighted by Gasteiger charge is 2.13. The highest BCUT2D eigenvalue weighted by atomic mass is 79.9. The summed E-state index contributed by atoms with van der Waals surface area (Å²) in [4.78, 5) is 23.5. The minimum Gasteiger partial charge on any atom is -0.360 e. The van der Waals surface area contributed by atoms with Gasteiger partial charge in [-0.2, -0.15) is 0 Å². The predicted molar refractivity (Wildman–Crippen MR) is 124 cm³/mol. The van der Waals surface area contributed by atoms with Gasteiger partial charge in [0, 0.05) is 62.9 Å². The summed E-state index contributed by atoms with van der Waals surface area (Å²) < 4.78 is 3.60. The van der Waals surface area contributed by atoms with Crippen LogP contribution >= 0.6 is 31.9 Å². The van der Waals surface area contributed by atoms with Crippen LogP contribution in [0.4, 0.5) is 11.4 Å². The summed E-state index contributed by atoms with van der Waals surface area (Å²) in [6.45, 7) is 5.19. The van der Waals surface area contributed by atoms with Crippen molar-refractivity contribution in [3.8, 4) is 0 Å². The van der Waals surface area contributed by atoms with Gasteiger partial charge in [0.25, 0.3) is 11.4 Å². The van der Waals surface area contributed by atoms with Crippen LogP contribution in [0.1, 0.15) is 13.8 Å². The number of benzene rings is 2. The van der Waals surface area contributed by atoms with Crippen molar-refractivity contribution >= 4 is 65.0 Å². The Labute approximate surface area is 188 Å². The Morgan fingerprint density at radius 2 is 1.57 bits per heavy atom. The van der Waals surface area contributed by atoms with E-state index >= 15 is 0 Å². The van der Waals surface area contributed by atoms with Crippen molar-refractivity contribution in [2.45, 2.75) is 20.4 Å². The number of halogens is 2. The normalized spacial score (nSPS) is 11.0. The SMILES string of the molecule is CC(C)Cn1ccc2cc([N+](=O)[O-])cc(Br)c21.O=[N+]([O-])c1cc(Br)c2[nH]ccc2c1. The monoisotopic (exact) mass is 536 g/mol. The Kier molecular flexibility index (Phi) is 6.57. The highest BCUT2D eigenvalue weighted by Crippen LogP contribution is 2.31. The lowest BCUT2D eigenvalue weighted by molar-refractivity contribution is -0.384. The van der Waals surface area contributed by atoms with Crippen LogP contribution in [0.5, 0.6) is 0 Å². The third-order valence-corrected chi connectivity index (χ3v) is 5.61. The van der Waals surface area contributed by atoms with Crippen LogP contribution in [-0.4, -0.2) is 19.4 Å². The molecule has 8 nitrogen and oxygen atoms in total. The molecule has 0 amide bonds. The molecule has 0 saturated heterocycles. The number of non-ortho nitro benzene ring substituents is 2. The molecular weight excluding hydrogens is 520 g/mol. The van der Waals surface area contributed by atoms with Crippen molar-refractivity contribution in [2.75, 3.05) is 0 Å². The van der Waals surface area contributed by atoms with Gasteiger partial charge in [0.05, 0.1) is 20.9 Å². The largest absolute Gasteiger partial charge is 0.360 e. The zero-order valence-corrected chi connectivity index (χ0v) is 19.3. The Hall–Kier alpha value is -2.72. The minimum atomic E-state index is -0.406. The van der Waals surface area contributed by atoms with E-state index in [1.807, 2.05) is 12.3 Å². The molecule has 0 atom stereocenters. The number of nitrogens with one attached hydrogen (secondary N) is 1. The van der Waals surface area contributed by atoms with Gasteiger partial charge in [0.1, 0.15) is 0 Å². The van der Waals surface area contributed by atoms with Crippen molar-refractivity contribution in [1.82, 2.24) is 9.55 Å². The quantitative estimate of drug-likeness (QED) is 0.228. The summed E-state index contributed by atoms with van der Waals surface area (Å²) in [5.41, 5.74) is 2.11. The number of H-pyrrole nitrogens is 1. The lowest BCUT2D eigenvalue weighted by Gasteiger charge is -2.09. The second-order valence-electron chi connectivity index (χ2n) is 7.11. The zero-order valence-electron chi connectivity index (χ0n) is 16.1. The molecule has 2 aromatic heterocycles. The van der Waals surface area contributed by atoms with Crippen molar-refractivity contribution in [3.05, 3.63) is 78.0 Å². The standard InChI is InChI=1S/C12H13BrN2O2.C8H5BrN2O2/c1-8(2)7-14-4-3-9-5-10(15(16)17)6-11(13)12(9)14;9-7-4-6(11(12)13)3-5-1-2-10-8(5)7/h3-6,8H,7H2,1-2H3;1-4,10H. The first-order valence-corrected chi connectivity index (χ1v) is 10.6. The van der Waals surface area contributed by atoms with E-state index in [2.05, 4.69) is 55.3 Å². The first-order valence-electron chi connectivity index (χ1n) is 9.01. The molecule has 0 saturated carbocycles. The van der Waals surface area contributed by atoms with Gasteiger partial charge in [-0.15, -0.1) is 0 Å². The number of nitro benzene ring substituents is 2. The van der Waals surface area contributed by atoms with Crippen LogP contribution in [0.3, 0.4) is 0 Å². The van der Waals surface area contributed by atoms with E-state index in [1.54, 1.807) is 24.4 Å². The van der Waals surface area contributed by atoms with Gasteiger partial charge in [-0.1, -0.05) is 13.8 Å². The zero-order chi connectivity index (χ0) is 22.0. The van der Waals surface area contributed by atoms with Gasteiger partial charge < -0.3 is 9.55 Å². The Bertz CT molecular complexity index is 1250. The molecule has 2 heterocycles. The summed E-state index contributed by atoms with van der Waals surface area (Å²) in [6, 6.07) is 9.90. The van der Waals surface area contributed by atoms with Crippen molar-refractivity contribution < 1.29 is 9.85 Å². The molecule has 1 N–H and O–H groups in total. The van der Waals surface area contributed by atoms with Gasteiger partial charge >= 0.3 is 0 Å². The van der Waals surface area contributed by atoms with Crippen LogP contribution < -0.4 is 0 Å². The molecule has 0 fully saturated rings. The fourth-order valence-corrected chi connectivity index (χ4v) is 4.42. The van der Waals surface area contributed by atoms with Crippen LogP contribution in [0.25, 0.3) is 21.8 Å². The lowest BCUT2D eigenvalue weighted by Crippen LogP contribution is -2.03. The number of aromatic amines is 1. The smallest absolute Gasteiger partial charge is 0.271 e. The number of nitro groups is 2. The number of hydrogen-bond donors (Lipinski definition) is 1. The van der Waals surface area contributed by atoms with Crippen LogP contribution in [0.15, 0.2) is 57.7 Å². The van der Waals surface area contributed by atoms with Gasteiger partial charge in [0.15, 0.2) is 0 Å². The van der Waals surface area contributed by atoms with Crippen molar-refractivity contribution in [3.63, 3.8) is 0 Å². The number of rotatable bonds is 4. The van der Waals surface area contributed by atoms with Gasteiger partial charge in [-0.25, -0.2) is 0 Å². The maximum Gasteiger partial charge on any atom is 0.271 e. The van der Waals surface area contributed by atoms with E-state index in [9.17, 15) is 20.2 Å². The maximum absolute atomic E-state index is 10.8. The fraction of sp³-hybridized carbons (Fsp3) is 0.200. The molecule has 0 aliphatic heterocycles. The number of aromatic nitrogens is 2. The van der Waals surface area contributed by atoms with E-state index < -0.39 is 4.92 Å². The molecule has 156 valence electrons. The van der Waals surface area contributed by atoms with E-state index in [4.69, 9.17) is 0 Å². The van der Waals surface area contributed by atoms with E-state index in [0.29, 0.717) is 10.4 Å². The summed E-state index contributed by atoms with van der Waals surface area (Å²) >= 11 is 6.67. The molecular formula is C20H18Br2N4O4. The summed E-state index contributed by atoms with van der Waals surface area (Å²) in [6.07, 6.45) is 3.72. The second kappa shape index (κ2) is 8.97. The van der Waals surface area contributed by atoms with Crippen LogP contribution in [-0.2, 0) is 6.54 Å². The molecule has 0 aliphatic rings. The Balaban J connectivity index is 0.000000177. The summed E-state index contributed by atoms with van der Waals surface area (Å²) in [7, 11) is 0. The molecule has 0 unspecified atom stereocenters. The Morgan fingerprint density at radius 1 is 0.967 bits per heavy atom. The Morgan fingerprint density at radius 3 is 2.17 bits per heavy atom. The second-order valence-corrected chi connectivity index (χ2v) is 8.82. The molecule has 4 rings (SSSR count). The van der Waals surface area contributed by atoms with E-state index in [0.717, 1.165) is 32.8 Å². The van der Waals surface area contributed by atoms with E-state index in [-0.39, 0.29) is 16.3 Å². The molecule has 0 aliphatic carbocycles. The summed E-state index contributed by atoms with van der Waals surface area (Å²) in [5, 5.41) is 23.0. The van der Waals surface area contributed by atoms with Crippen molar-refractivity contribution in [2.24, 2.45) is 5.92 Å². The third kappa shape index (κ3) is 4.71. The van der Waals surface area contributed by atoms with Crippen LogP contribution in [0, 0.1) is 26.1 Å². The maximum atomic E-state index is 10.8. The average molecular weight is 538 g/mol.